The molecule has 8 nitrogen and oxygen atoms in total. The Kier molecular flexibility index (Phi) is 5.00. The van der Waals surface area contributed by atoms with Crippen LogP contribution in [0.25, 0.3) is 17.1 Å². The number of hydrogen-bond acceptors (Lipinski definition) is 6. The average Bonchev–Trinajstić information content (AvgIpc) is 3.38. The van der Waals surface area contributed by atoms with Gasteiger partial charge < -0.3 is 9.15 Å². The maximum absolute atomic E-state index is 13.0. The van der Waals surface area contributed by atoms with Crippen LogP contribution in [0.3, 0.4) is 0 Å². The quantitative estimate of drug-likeness (QED) is 0.692. The van der Waals surface area contributed by atoms with Gasteiger partial charge in [0.2, 0.25) is 0 Å². The van der Waals surface area contributed by atoms with Crippen LogP contribution in [-0.4, -0.2) is 70.3 Å². The normalized spacial score (nSPS) is 18.7. The average molecular weight is 412 g/mol. The van der Waals surface area contributed by atoms with Gasteiger partial charge in [0, 0.05) is 50.9 Å². The van der Waals surface area contributed by atoms with E-state index in [1.54, 1.807) is 6.26 Å². The number of aromatic amines is 1. The molecule has 0 saturated carbocycles. The Morgan fingerprint density at radius 1 is 1.17 bits per heavy atom. The van der Waals surface area contributed by atoms with Gasteiger partial charge in [-0.25, -0.2) is 9.50 Å². The minimum atomic E-state index is 0.0000306. The highest BCUT2D eigenvalue weighted by atomic mass is 16.5. The SMILES string of the molecule is CC(C)(CN1CCOCC1)CN1CCc2c(nc3cc(-c4ccco4)[nH]n3c2=O)C1. The summed E-state index contributed by atoms with van der Waals surface area (Å²) in [6.45, 7) is 12.0. The fourth-order valence-electron chi connectivity index (χ4n) is 4.76. The summed E-state index contributed by atoms with van der Waals surface area (Å²) in [5, 5.41) is 3.13. The Hall–Kier alpha value is -2.42. The van der Waals surface area contributed by atoms with Crippen molar-refractivity contribution in [2.24, 2.45) is 5.41 Å². The molecule has 0 amide bonds. The number of ether oxygens (including phenoxy) is 1. The molecule has 5 heterocycles. The summed E-state index contributed by atoms with van der Waals surface area (Å²) < 4.78 is 12.5. The minimum Gasteiger partial charge on any atom is -0.463 e. The Labute approximate surface area is 175 Å². The van der Waals surface area contributed by atoms with E-state index in [1.807, 2.05) is 18.2 Å². The standard InChI is InChI=1S/C22H29N5O3/c1-22(2,14-25-7-10-29-11-8-25)15-26-6-5-16-18(13-26)23-20-12-17(19-4-3-9-30-19)24-27(20)21(16)28/h3-4,9,12,24H,5-8,10-11,13-15H2,1-2H3. The van der Waals surface area contributed by atoms with Gasteiger partial charge in [-0.3, -0.25) is 19.7 Å². The lowest BCUT2D eigenvalue weighted by atomic mass is 9.90. The van der Waals surface area contributed by atoms with Crippen LogP contribution in [0.4, 0.5) is 0 Å². The second kappa shape index (κ2) is 7.68. The summed E-state index contributed by atoms with van der Waals surface area (Å²) in [5.74, 6) is 0.698. The first-order chi connectivity index (χ1) is 14.5. The highest BCUT2D eigenvalue weighted by molar-refractivity contribution is 5.59. The van der Waals surface area contributed by atoms with Crippen LogP contribution in [-0.2, 0) is 17.7 Å². The number of aromatic nitrogens is 3. The molecular formula is C22H29N5O3. The van der Waals surface area contributed by atoms with Crippen LogP contribution < -0.4 is 5.56 Å². The van der Waals surface area contributed by atoms with Crippen molar-refractivity contribution >= 4 is 5.65 Å². The topological polar surface area (TPSA) is 79.0 Å². The van der Waals surface area contributed by atoms with E-state index in [9.17, 15) is 4.79 Å². The summed E-state index contributed by atoms with van der Waals surface area (Å²) in [7, 11) is 0. The molecule has 3 aromatic rings. The summed E-state index contributed by atoms with van der Waals surface area (Å²) >= 11 is 0. The first-order valence-corrected chi connectivity index (χ1v) is 10.7. The molecule has 0 unspecified atom stereocenters. The zero-order chi connectivity index (χ0) is 20.7. The number of nitrogens with zero attached hydrogens (tertiary/aromatic N) is 4. The third kappa shape index (κ3) is 3.82. The highest BCUT2D eigenvalue weighted by Crippen LogP contribution is 2.25. The molecule has 160 valence electrons. The highest BCUT2D eigenvalue weighted by Gasteiger charge is 2.29. The second-order valence-electron chi connectivity index (χ2n) is 9.20. The van der Waals surface area contributed by atoms with Gasteiger partial charge in [0.05, 0.1) is 25.2 Å². The lowest BCUT2D eigenvalue weighted by Crippen LogP contribution is -2.47. The molecule has 3 aromatic heterocycles. The second-order valence-corrected chi connectivity index (χ2v) is 9.20. The van der Waals surface area contributed by atoms with Crippen LogP contribution in [0.5, 0.6) is 0 Å². The summed E-state index contributed by atoms with van der Waals surface area (Å²) in [4.78, 5) is 22.8. The van der Waals surface area contributed by atoms with Crippen LogP contribution in [0.2, 0.25) is 0 Å². The predicted molar refractivity (Wildman–Crippen MR) is 114 cm³/mol. The molecule has 0 bridgehead atoms. The number of hydrogen-bond donors (Lipinski definition) is 1. The zero-order valence-corrected chi connectivity index (χ0v) is 17.7. The van der Waals surface area contributed by atoms with E-state index in [4.69, 9.17) is 14.1 Å². The molecule has 1 N–H and O–H groups in total. The van der Waals surface area contributed by atoms with E-state index in [0.29, 0.717) is 11.4 Å². The van der Waals surface area contributed by atoms with Gasteiger partial charge in [0.25, 0.3) is 5.56 Å². The molecule has 30 heavy (non-hydrogen) atoms. The molecule has 0 spiro atoms. The zero-order valence-electron chi connectivity index (χ0n) is 17.7. The molecule has 5 rings (SSSR count). The minimum absolute atomic E-state index is 0.0000306. The maximum Gasteiger partial charge on any atom is 0.276 e. The number of rotatable bonds is 5. The molecule has 0 aliphatic carbocycles. The molecule has 0 radical (unpaired) electrons. The van der Waals surface area contributed by atoms with Gasteiger partial charge in [-0.15, -0.1) is 0 Å². The van der Waals surface area contributed by atoms with E-state index < -0.39 is 0 Å². The van der Waals surface area contributed by atoms with Gasteiger partial charge in [0.1, 0.15) is 5.69 Å². The molecule has 0 atom stereocenters. The van der Waals surface area contributed by atoms with Crippen molar-refractivity contribution in [1.29, 1.82) is 0 Å². The van der Waals surface area contributed by atoms with Crippen LogP contribution in [0.1, 0.15) is 25.1 Å². The van der Waals surface area contributed by atoms with Gasteiger partial charge in [0.15, 0.2) is 11.4 Å². The smallest absolute Gasteiger partial charge is 0.276 e. The fourth-order valence-corrected chi connectivity index (χ4v) is 4.76. The molecule has 0 aromatic carbocycles. The molecule has 2 aliphatic rings. The molecular weight excluding hydrogens is 382 g/mol. The van der Waals surface area contributed by atoms with Crippen molar-refractivity contribution in [2.75, 3.05) is 45.9 Å². The monoisotopic (exact) mass is 411 g/mol. The number of morpholine rings is 1. The Morgan fingerprint density at radius 3 is 2.73 bits per heavy atom. The van der Waals surface area contributed by atoms with Crippen LogP contribution in [0, 0.1) is 5.41 Å². The number of furan rings is 1. The maximum atomic E-state index is 13.0. The van der Waals surface area contributed by atoms with Crippen molar-refractivity contribution in [1.82, 2.24) is 24.4 Å². The Balaban J connectivity index is 1.35. The van der Waals surface area contributed by atoms with E-state index >= 15 is 0 Å². The van der Waals surface area contributed by atoms with E-state index in [1.165, 1.54) is 4.52 Å². The Morgan fingerprint density at radius 2 is 1.97 bits per heavy atom. The predicted octanol–water partition coefficient (Wildman–Crippen LogP) is 2.00. The Bertz CT molecular complexity index is 1080. The van der Waals surface area contributed by atoms with Gasteiger partial charge in [-0.05, 0) is 24.0 Å². The van der Waals surface area contributed by atoms with E-state index in [2.05, 4.69) is 28.7 Å². The van der Waals surface area contributed by atoms with Crippen molar-refractivity contribution in [2.45, 2.75) is 26.8 Å². The summed E-state index contributed by atoms with van der Waals surface area (Å²) in [6, 6.07) is 5.58. The lowest BCUT2D eigenvalue weighted by Gasteiger charge is -2.39. The molecule has 2 aliphatic heterocycles. The fraction of sp³-hybridized carbons (Fsp3) is 0.545. The lowest BCUT2D eigenvalue weighted by molar-refractivity contribution is 0.0140. The number of fused-ring (bicyclic) bond motifs is 2. The van der Waals surface area contributed by atoms with E-state index in [-0.39, 0.29) is 11.0 Å². The third-order valence-electron chi connectivity index (χ3n) is 6.04. The number of nitrogens with one attached hydrogen (secondary N) is 1. The summed E-state index contributed by atoms with van der Waals surface area (Å²) in [5.41, 5.74) is 3.28. The summed E-state index contributed by atoms with van der Waals surface area (Å²) in [6.07, 6.45) is 2.35. The third-order valence-corrected chi connectivity index (χ3v) is 6.04. The van der Waals surface area contributed by atoms with Gasteiger partial charge >= 0.3 is 0 Å². The molecule has 8 heteroatoms. The van der Waals surface area contributed by atoms with Crippen molar-refractivity contribution in [3.63, 3.8) is 0 Å². The van der Waals surface area contributed by atoms with Gasteiger partial charge in [-0.2, -0.15) is 0 Å². The van der Waals surface area contributed by atoms with Crippen LogP contribution in [0.15, 0.2) is 33.7 Å². The van der Waals surface area contributed by atoms with E-state index in [0.717, 1.165) is 75.9 Å². The molecule has 1 fully saturated rings. The first-order valence-electron chi connectivity index (χ1n) is 10.7. The van der Waals surface area contributed by atoms with Crippen LogP contribution >= 0.6 is 0 Å². The first kappa shape index (κ1) is 19.5. The van der Waals surface area contributed by atoms with Crippen molar-refractivity contribution in [3.05, 3.63) is 46.1 Å². The largest absolute Gasteiger partial charge is 0.463 e. The van der Waals surface area contributed by atoms with Gasteiger partial charge in [-0.1, -0.05) is 13.8 Å². The van der Waals surface area contributed by atoms with Crippen molar-refractivity contribution in [3.8, 4) is 11.5 Å². The van der Waals surface area contributed by atoms with Crippen molar-refractivity contribution < 1.29 is 9.15 Å². The molecule has 1 saturated heterocycles. The number of H-pyrrole nitrogens is 1.